The third kappa shape index (κ3) is 2.91. The topological polar surface area (TPSA) is 78.4 Å². The van der Waals surface area contributed by atoms with Gasteiger partial charge in [-0.3, -0.25) is 4.79 Å². The monoisotopic (exact) mass is 280 g/mol. The highest BCUT2D eigenvalue weighted by molar-refractivity contribution is 5.78. The number of carbonyl (C=O) groups is 2. The lowest BCUT2D eigenvalue weighted by molar-refractivity contribution is -0.153. The highest BCUT2D eigenvalue weighted by Gasteiger charge is 2.45. The van der Waals surface area contributed by atoms with Crippen LogP contribution in [-0.2, 0) is 4.79 Å². The molecule has 2 amide bonds. The zero-order chi connectivity index (χ0) is 14.2. The van der Waals surface area contributed by atoms with Crippen molar-refractivity contribution < 1.29 is 14.7 Å². The Morgan fingerprint density at radius 2 is 1.70 bits per heavy atom. The number of hydrogen-bond acceptors (Lipinski definition) is 2. The molecule has 3 rings (SSSR count). The number of aliphatic carboxylic acids is 1. The maximum atomic E-state index is 11.8. The fraction of sp³-hybridized carbons (Fsp3) is 0.867. The Balaban J connectivity index is 1.39. The van der Waals surface area contributed by atoms with Gasteiger partial charge in [-0.2, -0.15) is 0 Å². The van der Waals surface area contributed by atoms with Crippen molar-refractivity contribution >= 4 is 12.0 Å². The summed E-state index contributed by atoms with van der Waals surface area (Å²) in [7, 11) is 0. The van der Waals surface area contributed by atoms with Crippen LogP contribution in [0.5, 0.6) is 0 Å². The molecule has 0 aromatic heterocycles. The van der Waals surface area contributed by atoms with E-state index in [0.29, 0.717) is 18.8 Å². The van der Waals surface area contributed by atoms with Crippen molar-refractivity contribution in [2.24, 2.45) is 23.2 Å². The number of rotatable bonds is 7. The van der Waals surface area contributed by atoms with Gasteiger partial charge in [-0.1, -0.05) is 6.42 Å². The molecule has 0 spiro atoms. The van der Waals surface area contributed by atoms with Crippen LogP contribution in [0.3, 0.4) is 0 Å². The minimum Gasteiger partial charge on any atom is -0.481 e. The van der Waals surface area contributed by atoms with Gasteiger partial charge in [-0.25, -0.2) is 4.79 Å². The minimum absolute atomic E-state index is 0.205. The first-order valence-electron chi connectivity index (χ1n) is 7.86. The van der Waals surface area contributed by atoms with E-state index in [2.05, 4.69) is 10.6 Å². The molecule has 0 heterocycles. The van der Waals surface area contributed by atoms with Crippen LogP contribution in [0.4, 0.5) is 4.79 Å². The zero-order valence-corrected chi connectivity index (χ0v) is 11.9. The van der Waals surface area contributed by atoms with E-state index in [1.165, 1.54) is 25.7 Å². The number of nitrogens with one attached hydrogen (secondary N) is 2. The van der Waals surface area contributed by atoms with Crippen LogP contribution in [-0.4, -0.2) is 30.2 Å². The highest BCUT2D eigenvalue weighted by atomic mass is 16.4. The van der Waals surface area contributed by atoms with Crippen LogP contribution in [0.25, 0.3) is 0 Å². The first-order valence-corrected chi connectivity index (χ1v) is 7.86. The van der Waals surface area contributed by atoms with E-state index in [1.807, 2.05) is 0 Å². The molecule has 5 nitrogen and oxygen atoms in total. The molecule has 0 radical (unpaired) electrons. The van der Waals surface area contributed by atoms with Gasteiger partial charge in [0.05, 0.1) is 5.41 Å². The predicted molar refractivity (Wildman–Crippen MR) is 74.3 cm³/mol. The molecule has 3 fully saturated rings. The highest BCUT2D eigenvalue weighted by Crippen LogP contribution is 2.48. The second-order valence-corrected chi connectivity index (χ2v) is 6.84. The maximum Gasteiger partial charge on any atom is 0.314 e. The van der Waals surface area contributed by atoms with Gasteiger partial charge < -0.3 is 15.7 Å². The van der Waals surface area contributed by atoms with Gasteiger partial charge in [0, 0.05) is 13.1 Å². The summed E-state index contributed by atoms with van der Waals surface area (Å²) < 4.78 is 0. The number of carboxylic acid groups (broad SMARTS) is 1. The van der Waals surface area contributed by atoms with E-state index in [-0.39, 0.29) is 12.6 Å². The molecule has 0 aromatic rings. The minimum atomic E-state index is -0.780. The summed E-state index contributed by atoms with van der Waals surface area (Å²) in [5.74, 6) is 1.51. The number of hydrogen-bond donors (Lipinski definition) is 3. The van der Waals surface area contributed by atoms with E-state index >= 15 is 0 Å². The van der Waals surface area contributed by atoms with Gasteiger partial charge in [-0.05, 0) is 56.3 Å². The van der Waals surface area contributed by atoms with Gasteiger partial charge in [0.25, 0.3) is 0 Å². The average Bonchev–Trinajstić information content (AvgIpc) is 3.22. The first kappa shape index (κ1) is 13.7. The second-order valence-electron chi connectivity index (χ2n) is 6.84. The van der Waals surface area contributed by atoms with Crippen LogP contribution >= 0.6 is 0 Å². The molecule has 0 aromatic carbocycles. The van der Waals surface area contributed by atoms with E-state index in [4.69, 9.17) is 0 Å². The van der Waals surface area contributed by atoms with E-state index in [0.717, 1.165) is 24.8 Å². The Hall–Kier alpha value is -1.26. The van der Waals surface area contributed by atoms with Crippen LogP contribution in [0.1, 0.15) is 44.9 Å². The van der Waals surface area contributed by atoms with Crippen LogP contribution in [0.15, 0.2) is 0 Å². The van der Waals surface area contributed by atoms with Crippen molar-refractivity contribution in [3.05, 3.63) is 0 Å². The molecule has 112 valence electrons. The van der Waals surface area contributed by atoms with Crippen molar-refractivity contribution in [2.75, 3.05) is 13.1 Å². The molecule has 3 saturated carbocycles. The lowest BCUT2D eigenvalue weighted by Gasteiger charge is -2.37. The van der Waals surface area contributed by atoms with E-state index in [1.54, 1.807) is 0 Å². The molecule has 5 heteroatoms. The molecule has 20 heavy (non-hydrogen) atoms. The summed E-state index contributed by atoms with van der Waals surface area (Å²) in [5, 5.41) is 14.9. The first-order chi connectivity index (χ1) is 9.61. The van der Waals surface area contributed by atoms with Crippen molar-refractivity contribution in [2.45, 2.75) is 44.9 Å². The summed E-state index contributed by atoms with van der Waals surface area (Å²) >= 11 is 0. The Morgan fingerprint density at radius 3 is 2.10 bits per heavy atom. The SMILES string of the molecule is O=C(NCC(C1CC1)C1CC1)NCC1(C(=O)O)CCC1. The number of amides is 2. The molecule has 0 saturated heterocycles. The molecule has 0 unspecified atom stereocenters. The van der Waals surface area contributed by atoms with Crippen molar-refractivity contribution in [3.8, 4) is 0 Å². The van der Waals surface area contributed by atoms with Crippen LogP contribution in [0.2, 0.25) is 0 Å². The van der Waals surface area contributed by atoms with Gasteiger partial charge in [0.1, 0.15) is 0 Å². The smallest absolute Gasteiger partial charge is 0.314 e. The van der Waals surface area contributed by atoms with Crippen LogP contribution in [0, 0.1) is 23.2 Å². The number of carbonyl (C=O) groups excluding carboxylic acids is 1. The van der Waals surface area contributed by atoms with Crippen molar-refractivity contribution in [1.82, 2.24) is 10.6 Å². The van der Waals surface area contributed by atoms with Crippen molar-refractivity contribution in [1.29, 1.82) is 0 Å². The van der Waals surface area contributed by atoms with Crippen LogP contribution < -0.4 is 10.6 Å². The fourth-order valence-electron chi connectivity index (χ4n) is 3.36. The largest absolute Gasteiger partial charge is 0.481 e. The lowest BCUT2D eigenvalue weighted by atomic mass is 9.69. The molecule has 3 N–H and O–H groups in total. The maximum absolute atomic E-state index is 11.8. The normalized spacial score (nSPS) is 24.1. The summed E-state index contributed by atoms with van der Waals surface area (Å²) in [4.78, 5) is 23.0. The Kier molecular flexibility index (Phi) is 3.61. The summed E-state index contributed by atoms with van der Waals surface area (Å²) in [6.45, 7) is 1.01. The molecular weight excluding hydrogens is 256 g/mol. The zero-order valence-electron chi connectivity index (χ0n) is 11.9. The van der Waals surface area contributed by atoms with E-state index in [9.17, 15) is 14.7 Å². The Morgan fingerprint density at radius 1 is 1.10 bits per heavy atom. The van der Waals surface area contributed by atoms with Gasteiger partial charge in [0.2, 0.25) is 0 Å². The standard InChI is InChI=1S/C15H24N2O3/c18-13(19)15(6-1-7-15)9-17-14(20)16-8-12(10-2-3-10)11-4-5-11/h10-12H,1-9H2,(H,18,19)(H2,16,17,20). The molecule has 0 bridgehead atoms. The van der Waals surface area contributed by atoms with Gasteiger partial charge in [0.15, 0.2) is 0 Å². The summed E-state index contributed by atoms with van der Waals surface area (Å²) in [6.07, 6.45) is 7.55. The quantitative estimate of drug-likeness (QED) is 0.667. The summed E-state index contributed by atoms with van der Waals surface area (Å²) in [5.41, 5.74) is -0.705. The molecule has 3 aliphatic carbocycles. The lowest BCUT2D eigenvalue weighted by Crippen LogP contribution is -2.50. The second kappa shape index (κ2) is 5.26. The Bertz CT molecular complexity index is 386. The molecule has 0 atom stereocenters. The number of urea groups is 1. The van der Waals surface area contributed by atoms with Crippen molar-refractivity contribution in [3.63, 3.8) is 0 Å². The summed E-state index contributed by atoms with van der Waals surface area (Å²) in [6, 6.07) is -0.205. The van der Waals surface area contributed by atoms with E-state index < -0.39 is 11.4 Å². The predicted octanol–water partition coefficient (Wildman–Crippen LogP) is 1.98. The number of carboxylic acids is 1. The van der Waals surface area contributed by atoms with Gasteiger partial charge in [-0.15, -0.1) is 0 Å². The molecule has 0 aliphatic heterocycles. The average molecular weight is 280 g/mol. The molecular formula is C15H24N2O3. The fourth-order valence-corrected chi connectivity index (χ4v) is 3.36. The third-order valence-electron chi connectivity index (χ3n) is 5.31. The van der Waals surface area contributed by atoms with Gasteiger partial charge >= 0.3 is 12.0 Å². The third-order valence-corrected chi connectivity index (χ3v) is 5.31. The molecule has 3 aliphatic rings. The Labute approximate surface area is 119 Å².